The summed E-state index contributed by atoms with van der Waals surface area (Å²) in [6.45, 7) is 2.14. The summed E-state index contributed by atoms with van der Waals surface area (Å²) < 4.78 is 0.822. The number of nitrogens with zero attached hydrogens (tertiary/aromatic N) is 1. The summed E-state index contributed by atoms with van der Waals surface area (Å²) in [6, 6.07) is 6.11. The number of carbonyl (C=O) groups excluding carboxylic acids is 1. The van der Waals surface area contributed by atoms with Gasteiger partial charge in [0, 0.05) is 22.2 Å². The molecule has 0 fully saturated rings. The molecule has 0 radical (unpaired) electrons. The maximum atomic E-state index is 11.6. The van der Waals surface area contributed by atoms with Gasteiger partial charge in [-0.2, -0.15) is 0 Å². The Morgan fingerprint density at radius 2 is 2.28 bits per heavy atom. The van der Waals surface area contributed by atoms with Gasteiger partial charge in [0.1, 0.15) is 0 Å². The predicted molar refractivity (Wildman–Crippen MR) is 67.6 cm³/mol. The minimum atomic E-state index is -0.461. The lowest BCUT2D eigenvalue weighted by Gasteiger charge is -1.99. The predicted octanol–water partition coefficient (Wildman–Crippen LogP) is 2.49. The van der Waals surface area contributed by atoms with E-state index in [0.717, 1.165) is 4.70 Å². The number of thiophene rings is 1. The molecule has 0 unspecified atom stereocenters. The van der Waals surface area contributed by atoms with Crippen molar-refractivity contribution in [1.29, 1.82) is 0 Å². The van der Waals surface area contributed by atoms with Gasteiger partial charge in [0.25, 0.3) is 11.6 Å². The highest BCUT2D eigenvalue weighted by Gasteiger charge is 2.13. The van der Waals surface area contributed by atoms with E-state index >= 15 is 0 Å². The highest BCUT2D eigenvalue weighted by molar-refractivity contribution is 7.20. The van der Waals surface area contributed by atoms with Gasteiger partial charge < -0.3 is 0 Å². The van der Waals surface area contributed by atoms with Crippen LogP contribution in [0.1, 0.15) is 16.6 Å². The number of rotatable bonds is 4. The van der Waals surface area contributed by atoms with E-state index in [4.69, 9.17) is 4.84 Å². The van der Waals surface area contributed by atoms with E-state index in [1.54, 1.807) is 19.1 Å². The molecular weight excluding hydrogens is 256 g/mol. The molecule has 0 bridgehead atoms. The van der Waals surface area contributed by atoms with Crippen LogP contribution in [0.2, 0.25) is 0 Å². The lowest BCUT2D eigenvalue weighted by Crippen LogP contribution is -2.22. The fourth-order valence-corrected chi connectivity index (χ4v) is 2.37. The van der Waals surface area contributed by atoms with Crippen molar-refractivity contribution in [2.75, 3.05) is 6.61 Å². The van der Waals surface area contributed by atoms with Crippen molar-refractivity contribution in [2.45, 2.75) is 6.92 Å². The number of nitro benzene ring substituents is 1. The molecule has 94 valence electrons. The van der Waals surface area contributed by atoms with Crippen molar-refractivity contribution in [3.63, 3.8) is 0 Å². The molecule has 2 rings (SSSR count). The number of nitro groups is 1. The second kappa shape index (κ2) is 5.11. The zero-order valence-electron chi connectivity index (χ0n) is 9.50. The Balaban J connectivity index is 2.32. The van der Waals surface area contributed by atoms with E-state index in [2.05, 4.69) is 5.48 Å². The molecule has 1 amide bonds. The lowest BCUT2D eigenvalue weighted by molar-refractivity contribution is -0.384. The van der Waals surface area contributed by atoms with Crippen LogP contribution >= 0.6 is 11.3 Å². The zero-order valence-corrected chi connectivity index (χ0v) is 10.3. The monoisotopic (exact) mass is 266 g/mol. The van der Waals surface area contributed by atoms with Gasteiger partial charge in [-0.15, -0.1) is 11.3 Å². The normalized spacial score (nSPS) is 10.5. The molecule has 0 aliphatic carbocycles. The number of non-ortho nitro benzene ring substituents is 1. The van der Waals surface area contributed by atoms with Crippen molar-refractivity contribution in [2.24, 2.45) is 0 Å². The number of fused-ring (bicyclic) bond motifs is 1. The number of hydrogen-bond acceptors (Lipinski definition) is 5. The van der Waals surface area contributed by atoms with Gasteiger partial charge in [-0.1, -0.05) is 0 Å². The third-order valence-electron chi connectivity index (χ3n) is 2.24. The van der Waals surface area contributed by atoms with E-state index in [0.29, 0.717) is 16.9 Å². The first-order valence-corrected chi connectivity index (χ1v) is 6.03. The van der Waals surface area contributed by atoms with Crippen molar-refractivity contribution in [3.8, 4) is 0 Å². The van der Waals surface area contributed by atoms with E-state index < -0.39 is 4.92 Å². The molecule has 0 atom stereocenters. The summed E-state index contributed by atoms with van der Waals surface area (Å²) in [5.41, 5.74) is 2.30. The second-order valence-electron chi connectivity index (χ2n) is 3.45. The molecule has 0 saturated carbocycles. The Morgan fingerprint density at radius 3 is 2.94 bits per heavy atom. The SMILES string of the molecule is CCONC(=O)c1cc2cc([N+](=O)[O-])ccc2s1. The number of hydroxylamine groups is 1. The van der Waals surface area contributed by atoms with Crippen molar-refractivity contribution in [1.82, 2.24) is 5.48 Å². The zero-order chi connectivity index (χ0) is 13.1. The van der Waals surface area contributed by atoms with E-state index in [9.17, 15) is 14.9 Å². The number of nitrogens with one attached hydrogen (secondary N) is 1. The molecular formula is C11H10N2O4S. The Hall–Kier alpha value is -1.99. The van der Waals surface area contributed by atoms with Crippen LogP contribution in [-0.2, 0) is 4.84 Å². The van der Waals surface area contributed by atoms with E-state index in [1.165, 1.54) is 23.5 Å². The van der Waals surface area contributed by atoms with E-state index in [-0.39, 0.29) is 11.6 Å². The molecule has 0 aliphatic heterocycles. The van der Waals surface area contributed by atoms with Gasteiger partial charge in [-0.25, -0.2) is 5.48 Å². The Labute approximate surface area is 106 Å². The van der Waals surface area contributed by atoms with Gasteiger partial charge in [0.2, 0.25) is 0 Å². The van der Waals surface area contributed by atoms with Crippen LogP contribution in [0.5, 0.6) is 0 Å². The van der Waals surface area contributed by atoms with Gasteiger partial charge in [0.15, 0.2) is 0 Å². The van der Waals surface area contributed by atoms with Crippen LogP contribution < -0.4 is 5.48 Å². The van der Waals surface area contributed by atoms with Gasteiger partial charge >= 0.3 is 0 Å². The lowest BCUT2D eigenvalue weighted by atomic mass is 10.2. The van der Waals surface area contributed by atoms with Crippen LogP contribution in [0.25, 0.3) is 10.1 Å². The molecule has 1 aromatic heterocycles. The maximum Gasteiger partial charge on any atom is 0.284 e. The van der Waals surface area contributed by atoms with Crippen molar-refractivity contribution in [3.05, 3.63) is 39.3 Å². The third-order valence-corrected chi connectivity index (χ3v) is 3.36. The average molecular weight is 266 g/mol. The highest BCUT2D eigenvalue weighted by Crippen LogP contribution is 2.28. The van der Waals surface area contributed by atoms with Crippen LogP contribution in [0.4, 0.5) is 5.69 Å². The summed E-state index contributed by atoms with van der Waals surface area (Å²) in [5.74, 6) is -0.347. The minimum Gasteiger partial charge on any atom is -0.274 e. The first-order valence-electron chi connectivity index (χ1n) is 5.22. The topological polar surface area (TPSA) is 81.5 Å². The Bertz CT molecular complexity index is 608. The second-order valence-corrected chi connectivity index (χ2v) is 4.54. The van der Waals surface area contributed by atoms with Crippen LogP contribution in [0, 0.1) is 10.1 Å². The molecule has 1 aromatic carbocycles. The molecule has 0 saturated heterocycles. The smallest absolute Gasteiger partial charge is 0.274 e. The Morgan fingerprint density at radius 1 is 1.50 bits per heavy atom. The van der Waals surface area contributed by atoms with Gasteiger partial charge in [-0.05, 0) is 19.1 Å². The fraction of sp³-hybridized carbons (Fsp3) is 0.182. The van der Waals surface area contributed by atoms with Crippen LogP contribution in [0.3, 0.4) is 0 Å². The summed E-state index contributed by atoms with van der Waals surface area (Å²) in [5, 5.41) is 11.3. The summed E-state index contributed by atoms with van der Waals surface area (Å²) in [4.78, 5) is 27.1. The third kappa shape index (κ3) is 2.47. The maximum absolute atomic E-state index is 11.6. The number of hydrogen-bond donors (Lipinski definition) is 1. The largest absolute Gasteiger partial charge is 0.284 e. The van der Waals surface area contributed by atoms with E-state index in [1.807, 2.05) is 0 Å². The molecule has 7 heteroatoms. The van der Waals surface area contributed by atoms with Crippen molar-refractivity contribution < 1.29 is 14.6 Å². The minimum absolute atomic E-state index is 0.0112. The average Bonchev–Trinajstić information content (AvgIpc) is 2.78. The molecule has 0 spiro atoms. The summed E-state index contributed by atoms with van der Waals surface area (Å²) in [6.07, 6.45) is 0. The molecule has 6 nitrogen and oxygen atoms in total. The number of amides is 1. The Kier molecular flexibility index (Phi) is 3.54. The molecule has 1 heterocycles. The standard InChI is InChI=1S/C11H10N2O4S/c1-2-17-12-11(14)10-6-7-5-8(13(15)16)3-4-9(7)18-10/h3-6H,2H2,1H3,(H,12,14). The summed E-state index contributed by atoms with van der Waals surface area (Å²) >= 11 is 1.26. The molecule has 1 N–H and O–H groups in total. The van der Waals surface area contributed by atoms with Crippen LogP contribution in [-0.4, -0.2) is 17.4 Å². The molecule has 0 aliphatic rings. The number of carbonyl (C=O) groups is 1. The van der Waals surface area contributed by atoms with Crippen molar-refractivity contribution >= 4 is 33.0 Å². The number of benzene rings is 1. The summed E-state index contributed by atoms with van der Waals surface area (Å²) in [7, 11) is 0. The first kappa shape index (κ1) is 12.5. The van der Waals surface area contributed by atoms with Gasteiger partial charge in [-0.3, -0.25) is 19.7 Å². The van der Waals surface area contributed by atoms with Crippen LogP contribution in [0.15, 0.2) is 24.3 Å². The fourth-order valence-electron chi connectivity index (χ4n) is 1.44. The molecule has 2 aromatic rings. The highest BCUT2D eigenvalue weighted by atomic mass is 32.1. The molecule has 18 heavy (non-hydrogen) atoms. The first-order chi connectivity index (χ1) is 8.61. The van der Waals surface area contributed by atoms with Gasteiger partial charge in [0.05, 0.1) is 16.4 Å². The quantitative estimate of drug-likeness (QED) is 0.681.